The van der Waals surface area contributed by atoms with E-state index in [4.69, 9.17) is 23.4 Å². The molecule has 5 aromatic rings. The molecule has 13 heteroatoms. The second kappa shape index (κ2) is 14.8. The van der Waals surface area contributed by atoms with Crippen LogP contribution in [0.5, 0.6) is 11.5 Å². The first kappa shape index (κ1) is 37.1. The topological polar surface area (TPSA) is 139 Å². The SMILES string of the molecule is COc1ccc(C(OCC2OC(n3cnc4c(NC(C)=O)ncnc43)C(O[Si](C)(C)C(C)(C)C)C2O)(c2ccccc2)c2ccc(OC)cc2)cc1. The third-order valence-electron chi connectivity index (χ3n) is 10.1. The van der Waals surface area contributed by atoms with E-state index in [1.807, 2.05) is 78.9 Å². The van der Waals surface area contributed by atoms with Gasteiger partial charge in [-0.2, -0.15) is 0 Å². The Bertz CT molecular complexity index is 1930. The molecule has 3 heterocycles. The maximum absolute atomic E-state index is 12.2. The van der Waals surface area contributed by atoms with Crippen molar-refractivity contribution in [1.29, 1.82) is 0 Å². The lowest BCUT2D eigenvalue weighted by Crippen LogP contribution is -2.49. The van der Waals surface area contributed by atoms with Gasteiger partial charge >= 0.3 is 0 Å². The average Bonchev–Trinajstić information content (AvgIpc) is 3.69. The summed E-state index contributed by atoms with van der Waals surface area (Å²) in [5.74, 6) is 1.42. The van der Waals surface area contributed by atoms with Crippen molar-refractivity contribution in [2.45, 2.75) is 76.0 Å². The normalized spacial score (nSPS) is 19.5. The van der Waals surface area contributed by atoms with E-state index in [1.165, 1.54) is 13.3 Å². The molecule has 0 aliphatic carbocycles. The molecular weight excluding hydrogens is 679 g/mol. The Balaban J connectivity index is 1.43. The van der Waals surface area contributed by atoms with Gasteiger partial charge in [0.25, 0.3) is 0 Å². The summed E-state index contributed by atoms with van der Waals surface area (Å²) >= 11 is 0. The van der Waals surface area contributed by atoms with Gasteiger partial charge in [-0.1, -0.05) is 75.4 Å². The van der Waals surface area contributed by atoms with Crippen LogP contribution in [0.4, 0.5) is 5.82 Å². The molecule has 1 fully saturated rings. The van der Waals surface area contributed by atoms with Crippen molar-refractivity contribution in [3.8, 4) is 11.5 Å². The minimum atomic E-state index is -2.46. The molecule has 4 unspecified atom stereocenters. The Morgan fingerprint density at radius 2 is 1.46 bits per heavy atom. The molecule has 0 radical (unpaired) electrons. The molecule has 12 nitrogen and oxygen atoms in total. The second-order valence-electron chi connectivity index (χ2n) is 14.4. The highest BCUT2D eigenvalue weighted by molar-refractivity contribution is 6.74. The Kier molecular flexibility index (Phi) is 10.5. The number of imidazole rings is 1. The molecule has 0 bridgehead atoms. The van der Waals surface area contributed by atoms with E-state index in [9.17, 15) is 9.90 Å². The summed E-state index contributed by atoms with van der Waals surface area (Å²) in [5, 5.41) is 14.7. The number of anilines is 1. The van der Waals surface area contributed by atoms with Crippen LogP contribution in [0.3, 0.4) is 0 Å². The predicted molar refractivity (Wildman–Crippen MR) is 200 cm³/mol. The van der Waals surface area contributed by atoms with Crippen LogP contribution in [0, 0.1) is 0 Å². The van der Waals surface area contributed by atoms with E-state index in [1.54, 1.807) is 25.1 Å². The summed E-state index contributed by atoms with van der Waals surface area (Å²) in [5.41, 5.74) is 2.28. The molecule has 0 spiro atoms. The van der Waals surface area contributed by atoms with Crippen molar-refractivity contribution in [2.75, 3.05) is 26.1 Å². The fraction of sp³-hybridized carbons (Fsp3) is 0.385. The highest BCUT2D eigenvalue weighted by Gasteiger charge is 2.52. The van der Waals surface area contributed by atoms with Crippen LogP contribution in [-0.4, -0.2) is 78.0 Å². The molecule has 1 saturated heterocycles. The van der Waals surface area contributed by atoms with E-state index in [2.05, 4.69) is 54.1 Å². The number of nitrogens with one attached hydrogen (secondary N) is 1. The van der Waals surface area contributed by atoms with Crippen LogP contribution < -0.4 is 14.8 Å². The highest BCUT2D eigenvalue weighted by atomic mass is 28.4. The molecule has 274 valence electrons. The first-order valence-electron chi connectivity index (χ1n) is 17.2. The smallest absolute Gasteiger partial charge is 0.222 e. The van der Waals surface area contributed by atoms with Crippen LogP contribution >= 0.6 is 0 Å². The van der Waals surface area contributed by atoms with Crippen molar-refractivity contribution in [2.24, 2.45) is 0 Å². The van der Waals surface area contributed by atoms with Crippen molar-refractivity contribution >= 4 is 31.2 Å². The number of amides is 1. The quantitative estimate of drug-likeness (QED) is 0.109. The van der Waals surface area contributed by atoms with E-state index >= 15 is 0 Å². The van der Waals surface area contributed by atoms with Crippen LogP contribution in [0.15, 0.2) is 91.5 Å². The molecule has 2 N–H and O–H groups in total. The fourth-order valence-electron chi connectivity index (χ4n) is 6.30. The largest absolute Gasteiger partial charge is 0.497 e. The van der Waals surface area contributed by atoms with Crippen molar-refractivity contribution in [1.82, 2.24) is 19.5 Å². The van der Waals surface area contributed by atoms with Gasteiger partial charge in [-0.25, -0.2) is 15.0 Å². The zero-order chi connectivity index (χ0) is 37.3. The standard InChI is InChI=1S/C39H47N5O7Si/c1-25(45)43-35-32-36(41-23-40-35)44(24-42-32)37-34(51-52(7,8)38(2,3)4)33(46)31(50-37)22-49-39(26-12-10-9-11-13-26,27-14-18-29(47-5)19-15-27)28-16-20-30(48-6)21-17-28/h9-21,23-24,31,33-34,37,46H,22H2,1-8H3,(H,40,41,43,45). The van der Waals surface area contributed by atoms with Crippen molar-refractivity contribution in [3.63, 3.8) is 0 Å². The molecule has 52 heavy (non-hydrogen) atoms. The third kappa shape index (κ3) is 7.06. The summed E-state index contributed by atoms with van der Waals surface area (Å²) in [4.78, 5) is 25.2. The average molecular weight is 726 g/mol. The lowest BCUT2D eigenvalue weighted by Gasteiger charge is -2.40. The predicted octanol–water partition coefficient (Wildman–Crippen LogP) is 6.46. The third-order valence-corrected chi connectivity index (χ3v) is 14.6. The number of methoxy groups -OCH3 is 2. The summed E-state index contributed by atoms with van der Waals surface area (Å²) in [6.07, 6.45) is -0.590. The van der Waals surface area contributed by atoms with Crippen molar-refractivity contribution < 1.29 is 33.3 Å². The fourth-order valence-corrected chi connectivity index (χ4v) is 7.59. The lowest BCUT2D eigenvalue weighted by atomic mass is 9.80. The van der Waals surface area contributed by atoms with Gasteiger partial charge in [0.15, 0.2) is 31.5 Å². The summed E-state index contributed by atoms with van der Waals surface area (Å²) < 4.78 is 33.6. The number of hydrogen-bond acceptors (Lipinski definition) is 10. The molecular formula is C39H47N5O7Si. The van der Waals surface area contributed by atoms with Gasteiger partial charge in [-0.3, -0.25) is 9.36 Å². The molecule has 0 saturated carbocycles. The Hall–Kier alpha value is -4.66. The lowest BCUT2D eigenvalue weighted by molar-refractivity contribution is -0.114. The van der Waals surface area contributed by atoms with Gasteiger partial charge in [-0.05, 0) is 59.1 Å². The van der Waals surface area contributed by atoms with Gasteiger partial charge in [0.2, 0.25) is 5.91 Å². The van der Waals surface area contributed by atoms with Crippen LogP contribution in [0.25, 0.3) is 11.2 Å². The van der Waals surface area contributed by atoms with Crippen molar-refractivity contribution in [3.05, 3.63) is 108 Å². The molecule has 1 amide bonds. The molecule has 6 rings (SSSR count). The Morgan fingerprint density at radius 3 is 2.00 bits per heavy atom. The minimum Gasteiger partial charge on any atom is -0.497 e. The van der Waals surface area contributed by atoms with Gasteiger partial charge in [-0.15, -0.1) is 0 Å². The minimum absolute atomic E-state index is 0.0132. The molecule has 1 aliphatic rings. The number of hydrogen-bond donors (Lipinski definition) is 2. The van der Waals surface area contributed by atoms with E-state index in [-0.39, 0.29) is 23.4 Å². The number of carbonyl (C=O) groups excluding carboxylic acids is 1. The van der Waals surface area contributed by atoms with Crippen LogP contribution in [0.2, 0.25) is 18.1 Å². The number of nitrogens with zero attached hydrogens (tertiary/aromatic N) is 4. The van der Waals surface area contributed by atoms with Gasteiger partial charge in [0.1, 0.15) is 41.7 Å². The van der Waals surface area contributed by atoms with E-state index < -0.39 is 38.5 Å². The maximum atomic E-state index is 12.2. The number of fused-ring (bicyclic) bond motifs is 1. The molecule has 2 aromatic heterocycles. The van der Waals surface area contributed by atoms with Gasteiger partial charge in [0, 0.05) is 6.92 Å². The second-order valence-corrected chi connectivity index (χ2v) is 19.2. The van der Waals surface area contributed by atoms with Gasteiger partial charge in [0.05, 0.1) is 27.2 Å². The number of carbonyl (C=O) groups is 1. The number of aliphatic hydroxyl groups is 1. The van der Waals surface area contributed by atoms with Crippen LogP contribution in [0.1, 0.15) is 50.6 Å². The van der Waals surface area contributed by atoms with Crippen LogP contribution in [-0.2, 0) is 24.3 Å². The molecule has 1 aliphatic heterocycles. The highest BCUT2D eigenvalue weighted by Crippen LogP contribution is 2.45. The zero-order valence-electron chi connectivity index (χ0n) is 30.9. The number of rotatable bonds is 12. The van der Waals surface area contributed by atoms with Gasteiger partial charge < -0.3 is 33.8 Å². The first-order chi connectivity index (χ1) is 24.8. The number of aliphatic hydroxyl groups excluding tert-OH is 1. The monoisotopic (exact) mass is 725 g/mol. The number of ether oxygens (including phenoxy) is 4. The van der Waals surface area contributed by atoms with E-state index in [0.29, 0.717) is 22.7 Å². The molecule has 3 aromatic carbocycles. The zero-order valence-corrected chi connectivity index (χ0v) is 31.9. The van der Waals surface area contributed by atoms with E-state index in [0.717, 1.165) is 16.7 Å². The Labute approximate surface area is 305 Å². The maximum Gasteiger partial charge on any atom is 0.222 e. The molecule has 4 atom stereocenters. The summed E-state index contributed by atoms with van der Waals surface area (Å²) in [6.45, 7) is 12.1. The summed E-state index contributed by atoms with van der Waals surface area (Å²) in [6, 6.07) is 25.5. The number of aromatic nitrogens is 4. The Morgan fingerprint density at radius 1 is 0.885 bits per heavy atom. The summed E-state index contributed by atoms with van der Waals surface area (Å²) in [7, 11) is 0.805. The first-order valence-corrected chi connectivity index (χ1v) is 20.1. The number of benzene rings is 3.